The van der Waals surface area contributed by atoms with E-state index >= 15 is 0 Å². The van der Waals surface area contributed by atoms with Crippen LogP contribution in [0.2, 0.25) is 5.02 Å². The molecule has 0 radical (unpaired) electrons. The zero-order valence-corrected chi connectivity index (χ0v) is 20.4. The predicted molar refractivity (Wildman–Crippen MR) is 134 cm³/mol. The average molecular weight is 470 g/mol. The molecular weight excluding hydrogens is 438 g/mol. The van der Waals surface area contributed by atoms with Crippen LogP contribution in [-0.4, -0.2) is 66.1 Å². The Bertz CT molecular complexity index is 1010. The van der Waals surface area contributed by atoms with Gasteiger partial charge in [0.1, 0.15) is 12.0 Å². The zero-order chi connectivity index (χ0) is 23.5. The third-order valence-corrected chi connectivity index (χ3v) is 6.44. The quantitative estimate of drug-likeness (QED) is 0.672. The SMILES string of the molecule is CC(C)NC[C@@H](C(=O)N1CCN(c2ncnc3c2N(C)C=CN3)C[C@@H]1C)c1ccc(Cl)cc1. The Labute approximate surface area is 200 Å². The van der Waals surface area contributed by atoms with Gasteiger partial charge in [0.15, 0.2) is 11.6 Å². The van der Waals surface area contributed by atoms with Crippen molar-refractivity contribution in [1.82, 2.24) is 20.2 Å². The van der Waals surface area contributed by atoms with Crippen LogP contribution < -0.4 is 20.4 Å². The van der Waals surface area contributed by atoms with Crippen molar-refractivity contribution in [3.63, 3.8) is 0 Å². The second kappa shape index (κ2) is 9.97. The van der Waals surface area contributed by atoms with Crippen molar-refractivity contribution in [1.29, 1.82) is 0 Å². The molecule has 9 heteroatoms. The molecule has 1 fully saturated rings. The first-order valence-corrected chi connectivity index (χ1v) is 11.8. The Morgan fingerprint density at radius 1 is 1.24 bits per heavy atom. The number of fused-ring (bicyclic) bond motifs is 1. The molecule has 2 N–H and O–H groups in total. The minimum atomic E-state index is -0.258. The summed E-state index contributed by atoms with van der Waals surface area (Å²) < 4.78 is 0. The number of aromatic nitrogens is 2. The van der Waals surface area contributed by atoms with E-state index in [4.69, 9.17) is 11.6 Å². The Hall–Kier alpha value is -2.84. The third-order valence-electron chi connectivity index (χ3n) is 6.18. The number of hydrogen-bond donors (Lipinski definition) is 2. The molecule has 1 aromatic heterocycles. The second-order valence-corrected chi connectivity index (χ2v) is 9.40. The van der Waals surface area contributed by atoms with Gasteiger partial charge in [0.2, 0.25) is 5.91 Å². The monoisotopic (exact) mass is 469 g/mol. The van der Waals surface area contributed by atoms with Crippen molar-refractivity contribution in [3.8, 4) is 0 Å². The summed E-state index contributed by atoms with van der Waals surface area (Å²) in [6, 6.07) is 7.96. The lowest BCUT2D eigenvalue weighted by Gasteiger charge is -2.43. The molecule has 0 unspecified atom stereocenters. The number of rotatable bonds is 6. The Kier molecular flexibility index (Phi) is 7.05. The van der Waals surface area contributed by atoms with Crippen LogP contribution in [0.4, 0.5) is 17.3 Å². The smallest absolute Gasteiger partial charge is 0.231 e. The molecule has 0 aliphatic carbocycles. The van der Waals surface area contributed by atoms with Crippen LogP contribution in [0.25, 0.3) is 0 Å². The summed E-state index contributed by atoms with van der Waals surface area (Å²) in [4.78, 5) is 28.9. The largest absolute Gasteiger partial charge is 0.351 e. The molecule has 1 saturated heterocycles. The van der Waals surface area contributed by atoms with Crippen molar-refractivity contribution in [2.45, 2.75) is 38.8 Å². The van der Waals surface area contributed by atoms with Crippen LogP contribution in [0.1, 0.15) is 32.3 Å². The first-order chi connectivity index (χ1) is 15.8. The fourth-order valence-electron chi connectivity index (χ4n) is 4.41. The van der Waals surface area contributed by atoms with Gasteiger partial charge < -0.3 is 25.3 Å². The molecule has 0 saturated carbocycles. The highest BCUT2D eigenvalue weighted by Gasteiger charge is 2.34. The van der Waals surface area contributed by atoms with E-state index in [1.807, 2.05) is 53.5 Å². The maximum atomic E-state index is 13.7. The number of piperazine rings is 1. The summed E-state index contributed by atoms with van der Waals surface area (Å²) in [6.45, 7) is 8.93. The van der Waals surface area contributed by atoms with Gasteiger partial charge in [0.05, 0.1) is 5.92 Å². The lowest BCUT2D eigenvalue weighted by molar-refractivity contribution is -0.135. The van der Waals surface area contributed by atoms with E-state index in [1.54, 1.807) is 6.33 Å². The van der Waals surface area contributed by atoms with Crippen LogP contribution in [0.5, 0.6) is 0 Å². The maximum absolute atomic E-state index is 13.7. The number of carbonyl (C=O) groups excluding carboxylic acids is 1. The molecule has 2 aromatic rings. The van der Waals surface area contributed by atoms with Gasteiger partial charge in [0.25, 0.3) is 0 Å². The summed E-state index contributed by atoms with van der Waals surface area (Å²) in [5.74, 6) is 1.56. The number of anilines is 3. The van der Waals surface area contributed by atoms with Gasteiger partial charge in [-0.25, -0.2) is 9.97 Å². The molecule has 8 nitrogen and oxygen atoms in total. The topological polar surface area (TPSA) is 76.6 Å². The predicted octanol–water partition coefficient (Wildman–Crippen LogP) is 3.28. The van der Waals surface area contributed by atoms with Gasteiger partial charge >= 0.3 is 0 Å². The zero-order valence-electron chi connectivity index (χ0n) is 19.6. The maximum Gasteiger partial charge on any atom is 0.231 e. The summed E-state index contributed by atoms with van der Waals surface area (Å²) in [6.07, 6.45) is 5.40. The highest BCUT2D eigenvalue weighted by atomic mass is 35.5. The number of benzene rings is 1. The number of carbonyl (C=O) groups is 1. The van der Waals surface area contributed by atoms with Crippen LogP contribution in [-0.2, 0) is 4.79 Å². The molecule has 0 bridgehead atoms. The molecule has 1 amide bonds. The molecule has 2 atom stereocenters. The van der Waals surface area contributed by atoms with E-state index < -0.39 is 0 Å². The summed E-state index contributed by atoms with van der Waals surface area (Å²) in [5, 5.41) is 7.30. The van der Waals surface area contributed by atoms with Crippen molar-refractivity contribution in [2.24, 2.45) is 0 Å². The van der Waals surface area contributed by atoms with Crippen LogP contribution in [0.3, 0.4) is 0 Å². The highest BCUT2D eigenvalue weighted by molar-refractivity contribution is 6.30. The Morgan fingerprint density at radius 3 is 2.70 bits per heavy atom. The fourth-order valence-corrected chi connectivity index (χ4v) is 4.53. The van der Waals surface area contributed by atoms with E-state index in [9.17, 15) is 4.79 Å². The molecule has 2 aliphatic rings. The fraction of sp³-hybridized carbons (Fsp3) is 0.458. The molecule has 33 heavy (non-hydrogen) atoms. The average Bonchev–Trinajstić information content (AvgIpc) is 2.80. The van der Waals surface area contributed by atoms with E-state index in [-0.39, 0.29) is 17.9 Å². The van der Waals surface area contributed by atoms with Gasteiger partial charge in [-0.15, -0.1) is 0 Å². The molecular formula is C24H32ClN7O. The Balaban J connectivity index is 1.52. The first-order valence-electron chi connectivity index (χ1n) is 11.4. The first kappa shape index (κ1) is 23.3. The standard InChI is InChI=1S/C24H32ClN7O/c1-16(2)27-13-20(18-5-7-19(25)8-6-18)24(33)32-12-11-31(14-17(32)3)23-21-22(28-15-29-23)26-9-10-30(21)4/h5-10,15-17,20,27H,11-14H2,1-4H3,(H,26,28,29)/t17-,20+/m0/s1. The van der Waals surface area contributed by atoms with Gasteiger partial charge in [0, 0.05) is 62.7 Å². The molecule has 4 rings (SSSR count). The Morgan fingerprint density at radius 2 is 2.00 bits per heavy atom. The molecule has 2 aliphatic heterocycles. The highest BCUT2D eigenvalue weighted by Crippen LogP contribution is 2.36. The van der Waals surface area contributed by atoms with Gasteiger partial charge in [-0.1, -0.05) is 37.6 Å². The number of halogens is 1. The molecule has 1 aromatic carbocycles. The number of nitrogens with zero attached hydrogens (tertiary/aromatic N) is 5. The number of amides is 1. The minimum absolute atomic E-state index is 0.0445. The van der Waals surface area contributed by atoms with Gasteiger partial charge in [-0.2, -0.15) is 0 Å². The van der Waals surface area contributed by atoms with E-state index in [0.29, 0.717) is 37.2 Å². The van der Waals surface area contributed by atoms with Crippen molar-refractivity contribution >= 4 is 34.8 Å². The van der Waals surface area contributed by atoms with Crippen LogP contribution >= 0.6 is 11.6 Å². The van der Waals surface area contributed by atoms with Crippen molar-refractivity contribution in [3.05, 3.63) is 53.6 Å². The summed E-state index contributed by atoms with van der Waals surface area (Å²) in [7, 11) is 1.99. The van der Waals surface area contributed by atoms with Gasteiger partial charge in [-0.05, 0) is 24.6 Å². The molecule has 3 heterocycles. The van der Waals surface area contributed by atoms with Gasteiger partial charge in [-0.3, -0.25) is 4.79 Å². The minimum Gasteiger partial charge on any atom is -0.351 e. The van der Waals surface area contributed by atoms with Crippen LogP contribution in [0, 0.1) is 0 Å². The summed E-state index contributed by atoms with van der Waals surface area (Å²) in [5.41, 5.74) is 1.93. The van der Waals surface area contributed by atoms with Crippen LogP contribution in [0.15, 0.2) is 43.0 Å². The third kappa shape index (κ3) is 5.07. The number of nitrogens with one attached hydrogen (secondary N) is 2. The van der Waals surface area contributed by atoms with E-state index in [0.717, 1.165) is 22.9 Å². The normalized spacial score (nSPS) is 18.8. The van der Waals surface area contributed by atoms with E-state index in [1.165, 1.54) is 0 Å². The lowest BCUT2D eigenvalue weighted by atomic mass is 9.96. The van der Waals surface area contributed by atoms with Crippen molar-refractivity contribution < 1.29 is 4.79 Å². The van der Waals surface area contributed by atoms with E-state index in [2.05, 4.69) is 46.3 Å². The summed E-state index contributed by atoms with van der Waals surface area (Å²) >= 11 is 6.09. The molecule has 176 valence electrons. The number of hydrogen-bond acceptors (Lipinski definition) is 7. The van der Waals surface area contributed by atoms with Crippen molar-refractivity contribution in [2.75, 3.05) is 48.3 Å². The lowest BCUT2D eigenvalue weighted by Crippen LogP contribution is -2.56. The molecule has 0 spiro atoms. The second-order valence-electron chi connectivity index (χ2n) is 8.96.